The lowest BCUT2D eigenvalue weighted by atomic mass is 10.1. The second-order valence-electron chi connectivity index (χ2n) is 19.3. The van der Waals surface area contributed by atoms with Crippen LogP contribution in [0.2, 0.25) is 0 Å². The number of hydrogen-bond donors (Lipinski definition) is 0. The first-order chi connectivity index (χ1) is 38.2. The van der Waals surface area contributed by atoms with Crippen LogP contribution in [-0.4, -0.2) is 9.13 Å². The normalized spacial score (nSPS) is 11.8. The van der Waals surface area contributed by atoms with Gasteiger partial charge in [-0.2, -0.15) is 0 Å². The van der Waals surface area contributed by atoms with E-state index in [2.05, 4.69) is 334 Å². The van der Waals surface area contributed by atoms with Gasteiger partial charge in [-0.15, -0.1) is 10.0 Å². The summed E-state index contributed by atoms with van der Waals surface area (Å²) in [5, 5.41) is 4.87. The zero-order chi connectivity index (χ0) is 51.1. The first-order valence-corrected chi connectivity index (χ1v) is 27.9. The van der Waals surface area contributed by atoms with E-state index < -0.39 is 10.0 Å². The number of nitrogens with zero attached hydrogens (tertiary/aromatic N) is 4. The molecule has 14 rings (SSSR count). The summed E-state index contributed by atoms with van der Waals surface area (Å²) >= 11 is 0. The van der Waals surface area contributed by atoms with E-state index in [1.165, 1.54) is 63.2 Å². The Morgan fingerprint density at radius 3 is 0.857 bits per heavy atom. The lowest BCUT2D eigenvalue weighted by Gasteiger charge is -2.42. The molecule has 366 valence electrons. The Hall–Kier alpha value is -9.81. The predicted molar refractivity (Wildman–Crippen MR) is 324 cm³/mol. The van der Waals surface area contributed by atoms with Crippen molar-refractivity contribution >= 4 is 87.8 Å². The fourth-order valence-electron chi connectivity index (χ4n) is 11.6. The number of benzene rings is 12. The van der Waals surface area contributed by atoms with Crippen LogP contribution in [0, 0.1) is 0 Å². The van der Waals surface area contributed by atoms with Gasteiger partial charge in [0.2, 0.25) is 0 Å². The smallest absolute Gasteiger partial charge is 0.0542 e. The Bertz CT molecular complexity index is 4070. The van der Waals surface area contributed by atoms with Crippen LogP contribution in [0.15, 0.2) is 335 Å². The standard InChI is InChI=1S/C72H52N4S/c1-7-23-53(24-8-1)73(59-43-49-71-67(51-59)65-35-19-21-37-69(65)75(71)55-27-11-3-12-28-55)57-39-45-63(46-40-57)77(61-31-15-5-16-32-61,62-33-17-6-18-34-62)64-47-41-58(42-48-64)74(54-25-9-2-10-26-54)60-44-50-72-68(52-60)66-36-20-22-38-70(66)76(72)56-29-13-4-14-30-56/h1-52H. The van der Waals surface area contributed by atoms with E-state index in [1.807, 2.05) is 0 Å². The molecule has 0 aliphatic rings. The van der Waals surface area contributed by atoms with Crippen molar-refractivity contribution in [2.75, 3.05) is 9.80 Å². The Labute approximate surface area is 450 Å². The van der Waals surface area contributed by atoms with Gasteiger partial charge in [0, 0.05) is 86.6 Å². The molecule has 0 aliphatic carbocycles. The van der Waals surface area contributed by atoms with Crippen molar-refractivity contribution < 1.29 is 0 Å². The average Bonchev–Trinajstić information content (AvgIpc) is 4.11. The molecule has 0 saturated heterocycles. The molecule has 0 bridgehead atoms. The topological polar surface area (TPSA) is 16.3 Å². The quantitative estimate of drug-likeness (QED) is 0.121. The maximum absolute atomic E-state index is 2.39. The average molecular weight is 1010 g/mol. The van der Waals surface area contributed by atoms with Crippen molar-refractivity contribution in [2.24, 2.45) is 0 Å². The molecule has 12 aromatic carbocycles. The summed E-state index contributed by atoms with van der Waals surface area (Å²) in [6.07, 6.45) is 0. The van der Waals surface area contributed by atoms with Crippen molar-refractivity contribution in [1.82, 2.24) is 9.13 Å². The Kier molecular flexibility index (Phi) is 11.6. The molecule has 2 heterocycles. The minimum atomic E-state index is -2.05. The van der Waals surface area contributed by atoms with E-state index in [0.29, 0.717) is 0 Å². The first-order valence-electron chi connectivity index (χ1n) is 26.2. The van der Waals surface area contributed by atoms with Crippen LogP contribution in [0.4, 0.5) is 34.1 Å². The van der Waals surface area contributed by atoms with E-state index >= 15 is 0 Å². The van der Waals surface area contributed by atoms with Gasteiger partial charge in [0.25, 0.3) is 0 Å². The number of aromatic nitrogens is 2. The molecule has 14 aromatic rings. The highest BCUT2D eigenvalue weighted by molar-refractivity contribution is 8.34. The van der Waals surface area contributed by atoms with Gasteiger partial charge in [0.1, 0.15) is 0 Å². The molecule has 77 heavy (non-hydrogen) atoms. The van der Waals surface area contributed by atoms with Gasteiger partial charge in [0.05, 0.1) is 22.1 Å². The molecule has 0 saturated carbocycles. The van der Waals surface area contributed by atoms with Crippen LogP contribution in [0.1, 0.15) is 0 Å². The number of rotatable bonds is 12. The number of anilines is 6. The second-order valence-corrected chi connectivity index (χ2v) is 22.5. The molecule has 0 amide bonds. The Balaban J connectivity index is 0.908. The molecule has 0 N–H and O–H groups in total. The van der Waals surface area contributed by atoms with Crippen LogP contribution in [0.5, 0.6) is 0 Å². The van der Waals surface area contributed by atoms with Gasteiger partial charge in [-0.05, 0) is 170 Å². The largest absolute Gasteiger partial charge is 0.310 e. The van der Waals surface area contributed by atoms with E-state index in [-0.39, 0.29) is 0 Å². The molecule has 0 radical (unpaired) electrons. The third-order valence-corrected chi connectivity index (χ3v) is 18.9. The van der Waals surface area contributed by atoms with E-state index in [9.17, 15) is 0 Å². The third-order valence-electron chi connectivity index (χ3n) is 15.0. The summed E-state index contributed by atoms with van der Waals surface area (Å²) in [5.74, 6) is 0. The fraction of sp³-hybridized carbons (Fsp3) is 0. The Morgan fingerprint density at radius 1 is 0.208 bits per heavy atom. The van der Waals surface area contributed by atoms with Crippen molar-refractivity contribution in [3.63, 3.8) is 0 Å². The molecular formula is C72H52N4S. The van der Waals surface area contributed by atoms with Crippen molar-refractivity contribution in [2.45, 2.75) is 19.6 Å². The molecule has 0 spiro atoms. The monoisotopic (exact) mass is 1000 g/mol. The molecule has 0 aliphatic heterocycles. The van der Waals surface area contributed by atoms with Crippen molar-refractivity contribution in [1.29, 1.82) is 0 Å². The maximum atomic E-state index is 2.39. The highest BCUT2D eigenvalue weighted by atomic mass is 32.3. The predicted octanol–water partition coefficient (Wildman–Crippen LogP) is 20.2. The second kappa shape index (κ2) is 19.5. The lowest BCUT2D eigenvalue weighted by Crippen LogP contribution is -2.11. The van der Waals surface area contributed by atoms with Gasteiger partial charge in [0.15, 0.2) is 0 Å². The van der Waals surface area contributed by atoms with E-state index in [4.69, 9.17) is 0 Å². The molecular weight excluding hydrogens is 953 g/mol. The zero-order valence-electron chi connectivity index (χ0n) is 42.2. The summed E-state index contributed by atoms with van der Waals surface area (Å²) in [6.45, 7) is 0. The molecule has 0 atom stereocenters. The summed E-state index contributed by atoms with van der Waals surface area (Å²) in [5.41, 5.74) is 13.6. The van der Waals surface area contributed by atoms with Gasteiger partial charge in [-0.3, -0.25) is 0 Å². The summed E-state index contributed by atoms with van der Waals surface area (Å²) in [7, 11) is -2.05. The van der Waals surface area contributed by atoms with Crippen LogP contribution >= 0.6 is 10.0 Å². The van der Waals surface area contributed by atoms with E-state index in [1.54, 1.807) is 0 Å². The van der Waals surface area contributed by atoms with E-state index in [0.717, 1.165) is 45.5 Å². The van der Waals surface area contributed by atoms with Gasteiger partial charge in [-0.1, -0.05) is 146 Å². The fourth-order valence-corrected chi connectivity index (χ4v) is 15.5. The van der Waals surface area contributed by atoms with Crippen LogP contribution in [0.25, 0.3) is 55.0 Å². The summed E-state index contributed by atoms with van der Waals surface area (Å²) in [4.78, 5) is 9.83. The number of hydrogen-bond acceptors (Lipinski definition) is 2. The molecule has 2 aromatic heterocycles. The Morgan fingerprint density at radius 2 is 0.481 bits per heavy atom. The van der Waals surface area contributed by atoms with Gasteiger partial charge >= 0.3 is 0 Å². The summed E-state index contributed by atoms with van der Waals surface area (Å²) in [6, 6.07) is 115. The van der Waals surface area contributed by atoms with Crippen LogP contribution in [0.3, 0.4) is 0 Å². The highest BCUT2D eigenvalue weighted by Crippen LogP contribution is 2.73. The maximum Gasteiger partial charge on any atom is 0.0542 e. The third kappa shape index (κ3) is 7.87. The molecule has 0 unspecified atom stereocenters. The SMILES string of the molecule is c1ccc(N(c2ccc(S(c3ccccc3)(c3ccccc3)c3ccc(N(c4ccccc4)c4ccc5c(c4)c4ccccc4n5-c4ccccc4)cc3)cc2)c2ccc3c(c2)c2ccccc2n3-c2ccccc2)cc1. The summed E-state index contributed by atoms with van der Waals surface area (Å²) < 4.78 is 4.76. The number of para-hydroxylation sites is 6. The van der Waals surface area contributed by atoms with Crippen LogP contribution < -0.4 is 9.80 Å². The van der Waals surface area contributed by atoms with Crippen LogP contribution in [-0.2, 0) is 0 Å². The number of fused-ring (bicyclic) bond motifs is 6. The van der Waals surface area contributed by atoms with Crippen molar-refractivity contribution in [3.05, 3.63) is 315 Å². The first kappa shape index (κ1) is 45.8. The van der Waals surface area contributed by atoms with Gasteiger partial charge < -0.3 is 18.9 Å². The lowest BCUT2D eigenvalue weighted by molar-refractivity contribution is 1.18. The molecule has 0 fully saturated rings. The minimum Gasteiger partial charge on any atom is -0.310 e. The molecule has 4 nitrogen and oxygen atoms in total. The highest BCUT2D eigenvalue weighted by Gasteiger charge is 2.34. The minimum absolute atomic E-state index is 1.08. The zero-order valence-corrected chi connectivity index (χ0v) is 43.0. The molecule has 5 heteroatoms. The van der Waals surface area contributed by atoms with Gasteiger partial charge in [-0.25, -0.2) is 0 Å². The van der Waals surface area contributed by atoms with Crippen molar-refractivity contribution in [3.8, 4) is 11.4 Å².